The van der Waals surface area contributed by atoms with Crippen molar-refractivity contribution < 1.29 is 22.0 Å². The second kappa shape index (κ2) is 10.4. The van der Waals surface area contributed by atoms with Crippen molar-refractivity contribution in [3.05, 3.63) is 65.0 Å². The van der Waals surface area contributed by atoms with Gasteiger partial charge in [-0.15, -0.1) is 10.2 Å². The van der Waals surface area contributed by atoms with Gasteiger partial charge < -0.3 is 14.2 Å². The van der Waals surface area contributed by atoms with Crippen molar-refractivity contribution >= 4 is 14.0 Å². The first-order valence-corrected chi connectivity index (χ1v) is 14.5. The van der Waals surface area contributed by atoms with E-state index in [9.17, 15) is 13.2 Å². The summed E-state index contributed by atoms with van der Waals surface area (Å²) in [5.74, 6) is 0.324. The number of nitriles is 2. The zero-order chi connectivity index (χ0) is 27.6. The monoisotopic (exact) mass is 527 g/mol. The van der Waals surface area contributed by atoms with Gasteiger partial charge in [-0.25, -0.2) is 0 Å². The summed E-state index contributed by atoms with van der Waals surface area (Å²) in [5.41, 5.74) is -0.324. The molecular formula is C26H28F3N5O2Si. The average molecular weight is 528 g/mol. The van der Waals surface area contributed by atoms with E-state index in [1.807, 2.05) is 6.07 Å². The van der Waals surface area contributed by atoms with Crippen LogP contribution in [-0.2, 0) is 10.6 Å². The lowest BCUT2D eigenvalue weighted by atomic mass is 10.1. The molecule has 1 heterocycles. The standard InChI is InChI=1S/C26H28F3N5O2Si/c1-16(36-37(5,6)25(2,3)4)22(32-20-12-11-19(15-31)21(13-20)26(27,28)29)24-34-33-23(35-24)18-9-7-17(14-30)8-10-18/h7-13,16,22,32H,1-6H3/t16-,22-/m1/s1. The topological polar surface area (TPSA) is 108 Å². The van der Waals surface area contributed by atoms with E-state index in [4.69, 9.17) is 19.4 Å². The Bertz CT molecular complexity index is 1330. The molecule has 0 fully saturated rings. The molecule has 0 spiro atoms. The van der Waals surface area contributed by atoms with E-state index in [2.05, 4.69) is 49.4 Å². The maximum atomic E-state index is 13.6. The zero-order valence-electron chi connectivity index (χ0n) is 21.4. The molecule has 11 heteroatoms. The summed E-state index contributed by atoms with van der Waals surface area (Å²) in [7, 11) is -2.29. The molecule has 0 radical (unpaired) electrons. The molecule has 2 atom stereocenters. The number of nitrogens with one attached hydrogen (secondary N) is 1. The predicted molar refractivity (Wildman–Crippen MR) is 135 cm³/mol. The Hall–Kier alpha value is -3.67. The van der Waals surface area contributed by atoms with Crippen LogP contribution >= 0.6 is 0 Å². The molecule has 7 nitrogen and oxygen atoms in total. The highest BCUT2D eigenvalue weighted by Crippen LogP contribution is 2.40. The summed E-state index contributed by atoms with van der Waals surface area (Å²) in [5, 5.41) is 29.4. The maximum absolute atomic E-state index is 13.6. The molecule has 1 aromatic heterocycles. The molecular weight excluding hydrogens is 499 g/mol. The maximum Gasteiger partial charge on any atom is 0.417 e. The Balaban J connectivity index is 2.02. The van der Waals surface area contributed by atoms with E-state index < -0.39 is 37.8 Å². The molecule has 1 N–H and O–H groups in total. The minimum Gasteiger partial charge on any atom is -0.418 e. The van der Waals surface area contributed by atoms with Gasteiger partial charge in [-0.2, -0.15) is 23.7 Å². The van der Waals surface area contributed by atoms with Crippen molar-refractivity contribution in [2.75, 3.05) is 5.32 Å². The molecule has 194 valence electrons. The van der Waals surface area contributed by atoms with Crippen LogP contribution in [0.4, 0.5) is 18.9 Å². The zero-order valence-corrected chi connectivity index (χ0v) is 22.4. The van der Waals surface area contributed by atoms with Gasteiger partial charge in [-0.05, 0) is 67.5 Å². The van der Waals surface area contributed by atoms with E-state index in [1.165, 1.54) is 6.07 Å². The summed E-state index contributed by atoms with van der Waals surface area (Å²) in [6.45, 7) is 12.2. The third kappa shape index (κ3) is 6.37. The minimum atomic E-state index is -4.70. The number of rotatable bonds is 7. The van der Waals surface area contributed by atoms with Crippen LogP contribution in [0.3, 0.4) is 0 Å². The molecule has 0 amide bonds. The lowest BCUT2D eigenvalue weighted by Gasteiger charge is -2.40. The number of hydrogen-bond donors (Lipinski definition) is 1. The van der Waals surface area contributed by atoms with Crippen LogP contribution in [0.25, 0.3) is 11.5 Å². The molecule has 0 saturated heterocycles. The van der Waals surface area contributed by atoms with Gasteiger partial charge in [0.1, 0.15) is 6.04 Å². The highest BCUT2D eigenvalue weighted by Gasteiger charge is 2.41. The van der Waals surface area contributed by atoms with Crippen molar-refractivity contribution in [3.8, 4) is 23.6 Å². The Morgan fingerprint density at radius 3 is 2.19 bits per heavy atom. The number of hydrogen-bond acceptors (Lipinski definition) is 7. The summed E-state index contributed by atoms with van der Waals surface area (Å²) in [6, 6.07) is 12.8. The van der Waals surface area contributed by atoms with Gasteiger partial charge in [-0.1, -0.05) is 20.8 Å². The van der Waals surface area contributed by atoms with E-state index in [-0.39, 0.29) is 22.5 Å². The molecule has 0 aliphatic rings. The lowest BCUT2D eigenvalue weighted by Crippen LogP contribution is -2.45. The Morgan fingerprint density at radius 1 is 1.00 bits per heavy atom. The van der Waals surface area contributed by atoms with E-state index in [0.717, 1.165) is 12.1 Å². The lowest BCUT2D eigenvalue weighted by molar-refractivity contribution is -0.137. The van der Waals surface area contributed by atoms with E-state index >= 15 is 0 Å². The first kappa shape index (κ1) is 27.9. The van der Waals surface area contributed by atoms with Crippen LogP contribution in [0.1, 0.15) is 56.3 Å². The van der Waals surface area contributed by atoms with Crippen LogP contribution in [0.5, 0.6) is 0 Å². The first-order chi connectivity index (χ1) is 17.2. The van der Waals surface area contributed by atoms with Gasteiger partial charge in [0.05, 0.1) is 34.9 Å². The fourth-order valence-electron chi connectivity index (χ4n) is 3.40. The molecule has 0 bridgehead atoms. The van der Waals surface area contributed by atoms with Gasteiger partial charge in [0, 0.05) is 11.3 Å². The van der Waals surface area contributed by atoms with Crippen molar-refractivity contribution in [2.45, 2.75) is 64.1 Å². The molecule has 0 aliphatic heterocycles. The first-order valence-electron chi connectivity index (χ1n) is 11.6. The number of aromatic nitrogens is 2. The van der Waals surface area contributed by atoms with Gasteiger partial charge in [0.25, 0.3) is 0 Å². The van der Waals surface area contributed by atoms with E-state index in [1.54, 1.807) is 37.3 Å². The summed E-state index contributed by atoms with van der Waals surface area (Å²) < 4.78 is 53.2. The number of halogens is 3. The Morgan fingerprint density at radius 2 is 1.65 bits per heavy atom. The molecule has 3 aromatic rings. The summed E-state index contributed by atoms with van der Waals surface area (Å²) in [6.07, 6.45) is -5.26. The highest BCUT2D eigenvalue weighted by molar-refractivity contribution is 6.74. The van der Waals surface area contributed by atoms with Gasteiger partial charge >= 0.3 is 6.18 Å². The summed E-state index contributed by atoms with van der Waals surface area (Å²) in [4.78, 5) is 0. The summed E-state index contributed by atoms with van der Waals surface area (Å²) >= 11 is 0. The molecule has 3 rings (SSSR count). The molecule has 0 aliphatic carbocycles. The van der Waals surface area contributed by atoms with Crippen LogP contribution in [-0.4, -0.2) is 24.6 Å². The number of nitrogens with zero attached hydrogens (tertiary/aromatic N) is 4. The Labute approximate surface area is 215 Å². The number of anilines is 1. The minimum absolute atomic E-state index is 0.119. The van der Waals surface area contributed by atoms with Crippen LogP contribution in [0.15, 0.2) is 46.9 Å². The largest absolute Gasteiger partial charge is 0.418 e. The van der Waals surface area contributed by atoms with Gasteiger partial charge in [0.15, 0.2) is 8.32 Å². The quantitative estimate of drug-likeness (QED) is 0.328. The van der Waals surface area contributed by atoms with Crippen molar-refractivity contribution in [1.82, 2.24) is 10.2 Å². The Kier molecular flexibility index (Phi) is 7.82. The molecule has 0 saturated carbocycles. The van der Waals surface area contributed by atoms with Crippen LogP contribution in [0.2, 0.25) is 18.1 Å². The molecule has 2 aromatic carbocycles. The number of benzene rings is 2. The van der Waals surface area contributed by atoms with Gasteiger partial charge in [0.2, 0.25) is 11.8 Å². The third-order valence-electron chi connectivity index (χ3n) is 6.49. The fourth-order valence-corrected chi connectivity index (χ4v) is 4.82. The normalized spacial score (nSPS) is 13.9. The fraction of sp³-hybridized carbons (Fsp3) is 0.385. The highest BCUT2D eigenvalue weighted by atomic mass is 28.4. The van der Waals surface area contributed by atoms with Crippen LogP contribution in [0, 0.1) is 22.7 Å². The average Bonchev–Trinajstić information content (AvgIpc) is 3.30. The van der Waals surface area contributed by atoms with Gasteiger partial charge in [-0.3, -0.25) is 0 Å². The SMILES string of the molecule is C[C@@H](O[Si](C)(C)C(C)(C)C)[C@@H](Nc1ccc(C#N)c(C(F)(F)F)c1)c1nnc(-c2ccc(C#N)cc2)o1. The second-order valence-corrected chi connectivity index (χ2v) is 15.0. The smallest absolute Gasteiger partial charge is 0.417 e. The third-order valence-corrected chi connectivity index (χ3v) is 11.1. The van der Waals surface area contributed by atoms with Crippen LogP contribution < -0.4 is 5.32 Å². The van der Waals surface area contributed by atoms with Crippen molar-refractivity contribution in [1.29, 1.82) is 10.5 Å². The van der Waals surface area contributed by atoms with E-state index in [0.29, 0.717) is 11.1 Å². The van der Waals surface area contributed by atoms with Crippen molar-refractivity contribution in [2.24, 2.45) is 0 Å². The molecule has 0 unspecified atom stereocenters. The second-order valence-electron chi connectivity index (χ2n) is 10.2. The molecule has 37 heavy (non-hydrogen) atoms. The number of alkyl halides is 3. The predicted octanol–water partition coefficient (Wildman–Crippen LogP) is 7.06. The van der Waals surface area contributed by atoms with Crippen molar-refractivity contribution in [3.63, 3.8) is 0 Å².